The Balaban J connectivity index is 3.68. The molecule has 0 amide bonds. The van der Waals surface area contributed by atoms with Gasteiger partial charge in [-0.15, -0.1) is 11.8 Å². The fourth-order valence-electron chi connectivity index (χ4n) is 1.27. The van der Waals surface area contributed by atoms with Gasteiger partial charge in [0.15, 0.2) is 0 Å². The number of carbonyl (C=O) groups is 1. The summed E-state index contributed by atoms with van der Waals surface area (Å²) in [6.45, 7) is 5.62. The molecule has 0 aliphatic rings. The highest BCUT2D eigenvalue weighted by molar-refractivity contribution is 8.00. The molecule has 0 spiro atoms. The summed E-state index contributed by atoms with van der Waals surface area (Å²) in [6.07, 6.45) is 1.13. The zero-order valence-electron chi connectivity index (χ0n) is 9.70. The summed E-state index contributed by atoms with van der Waals surface area (Å²) in [5.74, 6) is 0.0948. The van der Waals surface area contributed by atoms with E-state index < -0.39 is 12.1 Å². The van der Waals surface area contributed by atoms with Crippen LogP contribution in [0.5, 0.6) is 0 Å². The maximum atomic E-state index is 12.8. The molecule has 0 aromatic carbocycles. The summed E-state index contributed by atoms with van der Waals surface area (Å²) in [5.41, 5.74) is 0. The molecule has 0 rings (SSSR count). The van der Waals surface area contributed by atoms with Crippen molar-refractivity contribution in [1.82, 2.24) is 0 Å². The van der Waals surface area contributed by atoms with Crippen LogP contribution in [-0.2, 0) is 4.79 Å². The highest BCUT2D eigenvalue weighted by Gasteiger charge is 2.21. The second-order valence-corrected chi connectivity index (χ2v) is 5.27. The lowest BCUT2D eigenvalue weighted by molar-refractivity contribution is -0.137. The van der Waals surface area contributed by atoms with E-state index in [9.17, 15) is 9.18 Å². The molecule has 0 saturated carbocycles. The van der Waals surface area contributed by atoms with Gasteiger partial charge in [-0.1, -0.05) is 20.8 Å². The van der Waals surface area contributed by atoms with Crippen molar-refractivity contribution in [2.24, 2.45) is 5.92 Å². The molecular formula is C11H21FO2S. The lowest BCUT2D eigenvalue weighted by Gasteiger charge is -2.15. The maximum absolute atomic E-state index is 12.8. The predicted octanol–water partition coefficient (Wildman–Crippen LogP) is 3.36. The maximum Gasteiger partial charge on any atom is 0.316 e. The lowest BCUT2D eigenvalue weighted by atomic mass is 10.1. The molecule has 2 atom stereocenters. The van der Waals surface area contributed by atoms with E-state index in [1.165, 1.54) is 11.8 Å². The Labute approximate surface area is 95.6 Å². The molecule has 0 radical (unpaired) electrons. The fraction of sp³-hybridized carbons (Fsp3) is 0.909. The molecule has 4 heteroatoms. The first-order valence-corrected chi connectivity index (χ1v) is 6.52. The molecule has 2 nitrogen and oxygen atoms in total. The van der Waals surface area contributed by atoms with E-state index in [-0.39, 0.29) is 11.2 Å². The monoisotopic (exact) mass is 236 g/mol. The van der Waals surface area contributed by atoms with Gasteiger partial charge < -0.3 is 5.11 Å². The van der Waals surface area contributed by atoms with Crippen molar-refractivity contribution in [3.63, 3.8) is 0 Å². The Morgan fingerprint density at radius 1 is 1.47 bits per heavy atom. The second kappa shape index (κ2) is 7.97. The average molecular weight is 236 g/mol. The molecule has 0 heterocycles. The van der Waals surface area contributed by atoms with Gasteiger partial charge >= 0.3 is 5.97 Å². The lowest BCUT2D eigenvalue weighted by Crippen LogP contribution is -2.23. The number of carboxylic acids is 1. The van der Waals surface area contributed by atoms with Crippen molar-refractivity contribution in [3.05, 3.63) is 0 Å². The minimum absolute atomic E-state index is 0.125. The van der Waals surface area contributed by atoms with Crippen LogP contribution in [0, 0.1) is 5.92 Å². The number of hydrogen-bond acceptors (Lipinski definition) is 2. The van der Waals surface area contributed by atoms with Crippen LogP contribution in [0.4, 0.5) is 4.39 Å². The zero-order chi connectivity index (χ0) is 11.8. The number of hydrogen-bond donors (Lipinski definition) is 1. The Morgan fingerprint density at radius 3 is 2.47 bits per heavy atom. The van der Waals surface area contributed by atoms with Crippen molar-refractivity contribution in [3.8, 4) is 0 Å². The fourth-order valence-corrected chi connectivity index (χ4v) is 2.38. The summed E-state index contributed by atoms with van der Waals surface area (Å²) in [6, 6.07) is 0. The van der Waals surface area contributed by atoms with Gasteiger partial charge in [-0.3, -0.25) is 4.79 Å². The smallest absolute Gasteiger partial charge is 0.316 e. The summed E-state index contributed by atoms with van der Waals surface area (Å²) < 4.78 is 12.8. The highest BCUT2D eigenvalue weighted by Crippen LogP contribution is 2.21. The van der Waals surface area contributed by atoms with Gasteiger partial charge in [0.05, 0.1) is 6.17 Å². The Kier molecular flexibility index (Phi) is 7.83. The largest absolute Gasteiger partial charge is 0.480 e. The first-order valence-electron chi connectivity index (χ1n) is 5.47. The predicted molar refractivity (Wildman–Crippen MR) is 63.1 cm³/mol. The molecule has 0 aromatic heterocycles. The van der Waals surface area contributed by atoms with Gasteiger partial charge in [-0.25, -0.2) is 4.39 Å². The number of aliphatic carboxylic acids is 1. The van der Waals surface area contributed by atoms with Gasteiger partial charge in [0.2, 0.25) is 0 Å². The van der Waals surface area contributed by atoms with Crippen LogP contribution in [0.1, 0.15) is 40.0 Å². The Morgan fingerprint density at radius 2 is 2.07 bits per heavy atom. The minimum Gasteiger partial charge on any atom is -0.480 e. The number of rotatable bonds is 8. The number of halogens is 1. The van der Waals surface area contributed by atoms with Crippen LogP contribution >= 0.6 is 11.8 Å². The topological polar surface area (TPSA) is 37.3 Å². The molecule has 2 unspecified atom stereocenters. The first kappa shape index (κ1) is 14.8. The summed E-state index contributed by atoms with van der Waals surface area (Å²) in [7, 11) is 0. The number of carboxylic acid groups (broad SMARTS) is 1. The van der Waals surface area contributed by atoms with E-state index in [2.05, 4.69) is 0 Å². The van der Waals surface area contributed by atoms with E-state index in [0.717, 1.165) is 12.2 Å². The Bertz CT molecular complexity index is 185. The van der Waals surface area contributed by atoms with E-state index in [1.807, 2.05) is 20.8 Å². The molecule has 15 heavy (non-hydrogen) atoms. The number of alkyl halides is 1. The average Bonchev–Trinajstić information content (AvgIpc) is 2.15. The molecule has 90 valence electrons. The van der Waals surface area contributed by atoms with Crippen LogP contribution in [0.25, 0.3) is 0 Å². The molecule has 0 aliphatic heterocycles. The summed E-state index contributed by atoms with van der Waals surface area (Å²) in [4.78, 5) is 10.8. The third-order valence-electron chi connectivity index (χ3n) is 2.25. The van der Waals surface area contributed by atoms with E-state index in [0.29, 0.717) is 12.8 Å². The SMILES string of the molecule is CCC(F)CCCSC(C(=O)O)C(C)C. The first-order chi connectivity index (χ1) is 6.99. The van der Waals surface area contributed by atoms with Gasteiger partial charge in [-0.2, -0.15) is 0 Å². The van der Waals surface area contributed by atoms with Gasteiger partial charge in [0.25, 0.3) is 0 Å². The standard InChI is InChI=1S/C11H21FO2S/c1-4-9(12)6-5-7-15-10(8(2)3)11(13)14/h8-10H,4-7H2,1-3H3,(H,13,14). The van der Waals surface area contributed by atoms with Crippen molar-refractivity contribution in [2.75, 3.05) is 5.75 Å². The number of thioether (sulfide) groups is 1. The van der Waals surface area contributed by atoms with Crippen LogP contribution in [0.3, 0.4) is 0 Å². The molecule has 0 aromatic rings. The van der Waals surface area contributed by atoms with Crippen molar-refractivity contribution >= 4 is 17.7 Å². The van der Waals surface area contributed by atoms with Crippen LogP contribution in [-0.4, -0.2) is 28.3 Å². The minimum atomic E-state index is -0.762. The second-order valence-electron chi connectivity index (χ2n) is 4.02. The molecule has 0 saturated heterocycles. The van der Waals surface area contributed by atoms with Crippen LogP contribution in [0.2, 0.25) is 0 Å². The van der Waals surface area contributed by atoms with Gasteiger partial charge in [0, 0.05) is 0 Å². The molecule has 0 aliphatic carbocycles. The summed E-state index contributed by atoms with van der Waals surface area (Å²) in [5, 5.41) is 8.55. The van der Waals surface area contributed by atoms with Crippen LogP contribution < -0.4 is 0 Å². The van der Waals surface area contributed by atoms with Gasteiger partial charge in [-0.05, 0) is 30.9 Å². The van der Waals surface area contributed by atoms with Crippen molar-refractivity contribution in [2.45, 2.75) is 51.5 Å². The normalized spacial score (nSPS) is 15.3. The Hall–Kier alpha value is -0.250. The van der Waals surface area contributed by atoms with Crippen LogP contribution in [0.15, 0.2) is 0 Å². The molecule has 0 fully saturated rings. The summed E-state index contributed by atoms with van der Waals surface area (Å²) >= 11 is 1.42. The quantitative estimate of drug-likeness (QED) is 0.657. The van der Waals surface area contributed by atoms with Gasteiger partial charge in [0.1, 0.15) is 5.25 Å². The van der Waals surface area contributed by atoms with E-state index in [4.69, 9.17) is 5.11 Å². The van der Waals surface area contributed by atoms with Crippen molar-refractivity contribution < 1.29 is 14.3 Å². The molecule has 0 bridgehead atoms. The van der Waals surface area contributed by atoms with E-state index >= 15 is 0 Å². The zero-order valence-corrected chi connectivity index (χ0v) is 10.5. The molecular weight excluding hydrogens is 215 g/mol. The third-order valence-corrected chi connectivity index (χ3v) is 3.88. The van der Waals surface area contributed by atoms with Crippen molar-refractivity contribution in [1.29, 1.82) is 0 Å². The third kappa shape index (κ3) is 6.77. The highest BCUT2D eigenvalue weighted by atomic mass is 32.2. The van der Waals surface area contributed by atoms with E-state index in [1.54, 1.807) is 0 Å². The molecule has 1 N–H and O–H groups in total.